The zero-order chi connectivity index (χ0) is 3.58. The molecular formula is CH7ClCoO5. The number of rotatable bonds is 0. The number of carbonyl (C=O) groups is 1. The maximum absolute atomic E-state index is 8.56. The van der Waals surface area contributed by atoms with E-state index in [1.165, 1.54) is 0 Å². The van der Waals surface area contributed by atoms with Crippen LogP contribution in [0.2, 0.25) is 0 Å². The van der Waals surface area contributed by atoms with Gasteiger partial charge in [0.1, 0.15) is 0 Å². The van der Waals surface area contributed by atoms with Gasteiger partial charge in [0.15, 0.2) is 0 Å². The van der Waals surface area contributed by atoms with Crippen LogP contribution in [-0.4, -0.2) is 27.3 Å². The van der Waals surface area contributed by atoms with Crippen molar-refractivity contribution in [3.63, 3.8) is 0 Å². The molecule has 0 aliphatic rings. The largest absolute Gasteiger partial charge is 0.503 e. The van der Waals surface area contributed by atoms with Gasteiger partial charge in [-0.15, -0.1) is 12.4 Å². The minimum Gasteiger partial charge on any atom is -0.450 e. The molecule has 0 amide bonds. The summed E-state index contributed by atoms with van der Waals surface area (Å²) in [4.78, 5) is 8.56. The van der Waals surface area contributed by atoms with Crippen LogP contribution in [0.1, 0.15) is 0 Å². The average Bonchev–Trinajstić information content (AvgIpc) is 0.811. The molecule has 6 N–H and O–H groups in total. The van der Waals surface area contributed by atoms with Crippen molar-refractivity contribution in [3.8, 4) is 0 Å². The van der Waals surface area contributed by atoms with E-state index >= 15 is 0 Å². The Bertz CT molecular complexity index is 35.4. The van der Waals surface area contributed by atoms with Crippen LogP contribution in [0.4, 0.5) is 4.79 Å². The van der Waals surface area contributed by atoms with E-state index in [0.717, 1.165) is 0 Å². The molecule has 0 fully saturated rings. The van der Waals surface area contributed by atoms with Crippen molar-refractivity contribution in [2.24, 2.45) is 0 Å². The fourth-order valence-electron chi connectivity index (χ4n) is 0. The first-order valence-corrected chi connectivity index (χ1v) is 0.651. The van der Waals surface area contributed by atoms with Crippen molar-refractivity contribution < 1.29 is 42.7 Å². The van der Waals surface area contributed by atoms with Gasteiger partial charge in [-0.2, -0.15) is 0 Å². The van der Waals surface area contributed by atoms with Gasteiger partial charge in [0, 0.05) is 16.8 Å². The van der Waals surface area contributed by atoms with Gasteiger partial charge in [0.25, 0.3) is 0 Å². The molecule has 1 radical (unpaired) electrons. The van der Waals surface area contributed by atoms with Gasteiger partial charge >= 0.3 is 6.16 Å². The van der Waals surface area contributed by atoms with E-state index in [9.17, 15) is 0 Å². The summed E-state index contributed by atoms with van der Waals surface area (Å²) in [5.74, 6) is 0. The average molecular weight is 193 g/mol. The SMILES string of the molecule is Cl.O.O.O=C(O)O.[Co]. The molecular weight excluding hydrogens is 186 g/mol. The number of hydrogen-bond acceptors (Lipinski definition) is 1. The standard InChI is InChI=1S/CH2O3.ClH.Co.2H2O/c2-1(3)4;;;;/h(H2,2,3,4);1H;;2*1H2. The minimum atomic E-state index is -1.83. The molecule has 0 heterocycles. The first-order valence-electron chi connectivity index (χ1n) is 0.651. The van der Waals surface area contributed by atoms with Gasteiger partial charge < -0.3 is 21.2 Å². The second-order valence-electron chi connectivity index (χ2n) is 0.283. The molecule has 0 saturated carbocycles. The van der Waals surface area contributed by atoms with Crippen molar-refractivity contribution in [2.45, 2.75) is 0 Å². The fraction of sp³-hybridized carbons (Fsp3) is 0. The minimum absolute atomic E-state index is 0. The predicted octanol–water partition coefficient (Wildman–Crippen LogP) is -1.01. The van der Waals surface area contributed by atoms with Crippen LogP contribution in [-0.2, 0) is 16.8 Å². The number of halogens is 1. The molecule has 0 aliphatic heterocycles. The molecule has 57 valence electrons. The van der Waals surface area contributed by atoms with Crippen LogP contribution in [0.3, 0.4) is 0 Å². The number of carboxylic acid groups (broad SMARTS) is 2. The van der Waals surface area contributed by atoms with E-state index < -0.39 is 6.16 Å². The van der Waals surface area contributed by atoms with Gasteiger partial charge in [-0.25, -0.2) is 4.79 Å². The zero-order valence-electron chi connectivity index (χ0n) is 3.54. The monoisotopic (exact) mass is 193 g/mol. The number of hydrogen-bond donors (Lipinski definition) is 2. The van der Waals surface area contributed by atoms with E-state index in [2.05, 4.69) is 0 Å². The van der Waals surface area contributed by atoms with E-state index in [4.69, 9.17) is 15.0 Å². The van der Waals surface area contributed by atoms with Crippen LogP contribution in [0, 0.1) is 0 Å². The summed E-state index contributed by atoms with van der Waals surface area (Å²) < 4.78 is 0. The summed E-state index contributed by atoms with van der Waals surface area (Å²) in [6.45, 7) is 0. The van der Waals surface area contributed by atoms with E-state index in [1.807, 2.05) is 0 Å². The third-order valence-corrected chi connectivity index (χ3v) is 0. The third kappa shape index (κ3) is 816000. The van der Waals surface area contributed by atoms with Crippen LogP contribution in [0.25, 0.3) is 0 Å². The second kappa shape index (κ2) is 28.1. The van der Waals surface area contributed by atoms with Crippen molar-refractivity contribution >= 4 is 18.6 Å². The van der Waals surface area contributed by atoms with Crippen LogP contribution < -0.4 is 0 Å². The van der Waals surface area contributed by atoms with E-state index in [1.54, 1.807) is 0 Å². The van der Waals surface area contributed by atoms with Gasteiger partial charge in [0.05, 0.1) is 0 Å². The Morgan fingerprint density at radius 2 is 1.12 bits per heavy atom. The van der Waals surface area contributed by atoms with Crippen molar-refractivity contribution in [2.75, 3.05) is 0 Å². The normalized spacial score (nSPS) is 3.00. The molecule has 0 unspecified atom stereocenters. The molecule has 0 spiro atoms. The molecule has 0 aromatic rings. The van der Waals surface area contributed by atoms with Gasteiger partial charge in [-0.05, 0) is 0 Å². The first-order chi connectivity index (χ1) is 1.73. The molecule has 0 aromatic heterocycles. The van der Waals surface area contributed by atoms with Crippen LogP contribution in [0.15, 0.2) is 0 Å². The van der Waals surface area contributed by atoms with Crippen LogP contribution >= 0.6 is 12.4 Å². The maximum Gasteiger partial charge on any atom is 0.503 e. The summed E-state index contributed by atoms with van der Waals surface area (Å²) in [7, 11) is 0. The predicted molar refractivity (Wildman–Crippen MR) is 25.1 cm³/mol. The van der Waals surface area contributed by atoms with Crippen molar-refractivity contribution in [1.29, 1.82) is 0 Å². The van der Waals surface area contributed by atoms with Crippen LogP contribution in [0.5, 0.6) is 0 Å². The zero-order valence-corrected chi connectivity index (χ0v) is 5.40. The summed E-state index contributed by atoms with van der Waals surface area (Å²) in [5.41, 5.74) is 0. The molecule has 0 atom stereocenters. The Morgan fingerprint density at radius 3 is 1.12 bits per heavy atom. The summed E-state index contributed by atoms with van der Waals surface area (Å²) >= 11 is 0. The summed E-state index contributed by atoms with van der Waals surface area (Å²) in [6, 6.07) is 0. The van der Waals surface area contributed by atoms with Gasteiger partial charge in [-0.1, -0.05) is 0 Å². The molecule has 0 aromatic carbocycles. The molecule has 0 bridgehead atoms. The Balaban J connectivity index is -0.00000000750. The van der Waals surface area contributed by atoms with E-state index in [-0.39, 0.29) is 40.1 Å². The Hall–Kier alpha value is -0.0135. The first kappa shape index (κ1) is 43.7. The molecule has 0 aliphatic carbocycles. The summed E-state index contributed by atoms with van der Waals surface area (Å²) in [5, 5.41) is 13.9. The quantitative estimate of drug-likeness (QED) is 0.513. The fourth-order valence-corrected chi connectivity index (χ4v) is 0. The molecule has 8 heavy (non-hydrogen) atoms. The molecule has 0 saturated heterocycles. The Morgan fingerprint density at radius 1 is 1.12 bits per heavy atom. The topological polar surface area (TPSA) is 121 Å². The van der Waals surface area contributed by atoms with E-state index in [0.29, 0.717) is 0 Å². The Labute approximate surface area is 61.9 Å². The summed E-state index contributed by atoms with van der Waals surface area (Å²) in [6.07, 6.45) is -1.83. The smallest absolute Gasteiger partial charge is 0.450 e. The van der Waals surface area contributed by atoms with Crippen molar-refractivity contribution in [1.82, 2.24) is 0 Å². The van der Waals surface area contributed by atoms with Gasteiger partial charge in [-0.3, -0.25) is 0 Å². The molecule has 0 rings (SSSR count). The molecule has 5 nitrogen and oxygen atoms in total. The van der Waals surface area contributed by atoms with Crippen molar-refractivity contribution in [3.05, 3.63) is 0 Å². The Kier molecular flexibility index (Phi) is 153. The molecule has 7 heteroatoms. The maximum atomic E-state index is 8.56. The van der Waals surface area contributed by atoms with Gasteiger partial charge in [0.2, 0.25) is 0 Å². The second-order valence-corrected chi connectivity index (χ2v) is 0.283. The third-order valence-electron chi connectivity index (χ3n) is 0.